The molecule has 36 heavy (non-hydrogen) atoms. The normalized spacial score (nSPS) is 13.1. The first-order valence-corrected chi connectivity index (χ1v) is 11.5. The lowest BCUT2D eigenvalue weighted by atomic mass is 9.83. The highest BCUT2D eigenvalue weighted by molar-refractivity contribution is 6.30. The van der Waals surface area contributed by atoms with Crippen LogP contribution < -0.4 is 5.32 Å². The lowest BCUT2D eigenvalue weighted by molar-refractivity contribution is -0.123. The first kappa shape index (κ1) is 23.1. The van der Waals surface area contributed by atoms with Crippen molar-refractivity contribution in [2.24, 2.45) is 0 Å². The Kier molecular flexibility index (Phi) is 5.68. The van der Waals surface area contributed by atoms with Gasteiger partial charge in [-0.2, -0.15) is 0 Å². The number of esters is 1. The van der Waals surface area contributed by atoms with Gasteiger partial charge in [0.05, 0.1) is 28.0 Å². The number of amides is 1. The minimum Gasteiger partial charge on any atom is -0.449 e. The number of anilines is 1. The van der Waals surface area contributed by atoms with Crippen molar-refractivity contribution in [1.82, 2.24) is 4.98 Å². The number of carbonyl (C=O) groups excluding carboxylic acids is 4. The monoisotopic (exact) mass is 478 g/mol. The second-order valence-electron chi connectivity index (χ2n) is 8.79. The Bertz CT molecular complexity index is 1610. The predicted molar refractivity (Wildman–Crippen MR) is 134 cm³/mol. The molecule has 0 radical (unpaired) electrons. The maximum Gasteiger partial charge on any atom is 0.340 e. The fraction of sp³-hybridized carbons (Fsp3) is 0.138. The summed E-state index contributed by atoms with van der Waals surface area (Å²) in [6, 6.07) is 18.7. The molecule has 7 nitrogen and oxygen atoms in total. The van der Waals surface area contributed by atoms with Crippen LogP contribution in [0.4, 0.5) is 5.69 Å². The third-order valence-corrected chi connectivity index (χ3v) is 6.24. The van der Waals surface area contributed by atoms with Crippen LogP contribution in [-0.4, -0.2) is 34.5 Å². The number of aromatic nitrogens is 1. The van der Waals surface area contributed by atoms with E-state index in [9.17, 15) is 19.2 Å². The van der Waals surface area contributed by atoms with Crippen LogP contribution in [0.1, 0.15) is 60.4 Å². The van der Waals surface area contributed by atoms with Gasteiger partial charge in [0.25, 0.3) is 5.91 Å². The summed E-state index contributed by atoms with van der Waals surface area (Å²) in [5.41, 5.74) is 3.68. The summed E-state index contributed by atoms with van der Waals surface area (Å²) in [5, 5.41) is 3.45. The molecular weight excluding hydrogens is 456 g/mol. The first-order chi connectivity index (χ1) is 17.2. The predicted octanol–water partition coefficient (Wildman–Crippen LogP) is 4.81. The Labute approximate surface area is 207 Å². The van der Waals surface area contributed by atoms with Crippen LogP contribution in [0.5, 0.6) is 0 Å². The average molecular weight is 479 g/mol. The van der Waals surface area contributed by atoms with E-state index in [0.717, 1.165) is 16.5 Å². The number of nitrogens with zero attached hydrogens (tertiary/aromatic N) is 1. The molecule has 7 heteroatoms. The van der Waals surface area contributed by atoms with Crippen molar-refractivity contribution in [2.75, 3.05) is 5.32 Å². The molecule has 0 saturated carbocycles. The van der Waals surface area contributed by atoms with Gasteiger partial charge in [-0.25, -0.2) is 4.79 Å². The highest BCUT2D eigenvalue weighted by atomic mass is 16.5. The van der Waals surface area contributed by atoms with E-state index in [1.807, 2.05) is 25.1 Å². The number of hydrogen-bond donors (Lipinski definition) is 1. The molecule has 0 aliphatic heterocycles. The molecule has 1 heterocycles. The van der Waals surface area contributed by atoms with Gasteiger partial charge in [0.1, 0.15) is 0 Å². The Morgan fingerprint density at radius 1 is 0.861 bits per heavy atom. The van der Waals surface area contributed by atoms with Gasteiger partial charge < -0.3 is 10.1 Å². The Morgan fingerprint density at radius 3 is 2.31 bits per heavy atom. The number of hydrogen-bond acceptors (Lipinski definition) is 6. The minimum absolute atomic E-state index is 0.123. The number of ether oxygens (including phenoxy) is 1. The van der Waals surface area contributed by atoms with Crippen molar-refractivity contribution >= 4 is 40.0 Å². The van der Waals surface area contributed by atoms with E-state index < -0.39 is 18.0 Å². The van der Waals surface area contributed by atoms with Crippen LogP contribution in [0.15, 0.2) is 66.7 Å². The van der Waals surface area contributed by atoms with E-state index in [2.05, 4.69) is 10.3 Å². The van der Waals surface area contributed by atoms with Crippen LogP contribution >= 0.6 is 0 Å². The molecule has 0 bridgehead atoms. The summed E-state index contributed by atoms with van der Waals surface area (Å²) in [6.07, 6.45) is -1.16. The molecule has 1 aliphatic rings. The zero-order chi connectivity index (χ0) is 25.6. The molecule has 0 spiro atoms. The van der Waals surface area contributed by atoms with Crippen molar-refractivity contribution in [3.63, 3.8) is 0 Å². The fourth-order valence-corrected chi connectivity index (χ4v) is 4.36. The maximum atomic E-state index is 13.2. The van der Waals surface area contributed by atoms with Gasteiger partial charge in [-0.1, -0.05) is 48.0 Å². The number of pyridine rings is 1. The molecule has 0 fully saturated rings. The van der Waals surface area contributed by atoms with Crippen molar-refractivity contribution in [2.45, 2.75) is 26.9 Å². The van der Waals surface area contributed by atoms with Gasteiger partial charge in [-0.3, -0.25) is 19.4 Å². The lowest BCUT2D eigenvalue weighted by Gasteiger charge is -2.21. The Hall–Kier alpha value is -4.65. The number of ketones is 2. The van der Waals surface area contributed by atoms with Crippen LogP contribution in [0.2, 0.25) is 0 Å². The van der Waals surface area contributed by atoms with Gasteiger partial charge >= 0.3 is 5.97 Å². The van der Waals surface area contributed by atoms with Gasteiger partial charge in [0.2, 0.25) is 0 Å². The molecule has 5 rings (SSSR count). The minimum atomic E-state index is -1.16. The summed E-state index contributed by atoms with van der Waals surface area (Å²) in [7, 11) is 0. The molecule has 1 aliphatic carbocycles. The summed E-state index contributed by atoms with van der Waals surface area (Å²) in [4.78, 5) is 56.4. The van der Waals surface area contributed by atoms with Crippen LogP contribution in [0.3, 0.4) is 0 Å². The van der Waals surface area contributed by atoms with Crippen LogP contribution in [0.25, 0.3) is 10.9 Å². The summed E-state index contributed by atoms with van der Waals surface area (Å²) in [5.74, 6) is -1.95. The first-order valence-electron chi connectivity index (χ1n) is 11.5. The van der Waals surface area contributed by atoms with E-state index >= 15 is 0 Å². The van der Waals surface area contributed by atoms with Crippen molar-refractivity contribution in [3.05, 3.63) is 106 Å². The van der Waals surface area contributed by atoms with Crippen LogP contribution in [-0.2, 0) is 9.53 Å². The number of carbonyl (C=O) groups is 4. The second kappa shape index (κ2) is 8.85. The van der Waals surface area contributed by atoms with Crippen LogP contribution in [0, 0.1) is 13.8 Å². The molecule has 1 N–H and O–H groups in total. The maximum absolute atomic E-state index is 13.2. The van der Waals surface area contributed by atoms with E-state index in [1.54, 1.807) is 55.5 Å². The van der Waals surface area contributed by atoms with Gasteiger partial charge in [-0.15, -0.1) is 0 Å². The van der Waals surface area contributed by atoms with Crippen molar-refractivity contribution < 1.29 is 23.9 Å². The molecule has 3 aromatic carbocycles. The topological polar surface area (TPSA) is 102 Å². The highest BCUT2D eigenvalue weighted by Crippen LogP contribution is 2.32. The third-order valence-electron chi connectivity index (χ3n) is 6.24. The number of nitrogens with one attached hydrogen (secondary N) is 1. The van der Waals surface area contributed by atoms with E-state index in [-0.39, 0.29) is 39.5 Å². The van der Waals surface area contributed by atoms with Crippen molar-refractivity contribution in [1.29, 1.82) is 0 Å². The highest BCUT2D eigenvalue weighted by Gasteiger charge is 2.32. The summed E-state index contributed by atoms with van der Waals surface area (Å²) < 4.78 is 5.44. The molecular formula is C29H22N2O5. The molecule has 0 saturated heterocycles. The quantitative estimate of drug-likeness (QED) is 0.372. The molecule has 1 unspecified atom stereocenters. The largest absolute Gasteiger partial charge is 0.449 e. The number of benzene rings is 3. The zero-order valence-corrected chi connectivity index (χ0v) is 19.9. The van der Waals surface area contributed by atoms with Gasteiger partial charge in [0, 0.05) is 22.1 Å². The van der Waals surface area contributed by atoms with Gasteiger partial charge in [-0.05, 0) is 45.0 Å². The molecule has 1 amide bonds. The van der Waals surface area contributed by atoms with Crippen molar-refractivity contribution in [3.8, 4) is 0 Å². The van der Waals surface area contributed by atoms with E-state index in [0.29, 0.717) is 11.3 Å². The van der Waals surface area contributed by atoms with Gasteiger partial charge in [0.15, 0.2) is 17.7 Å². The smallest absolute Gasteiger partial charge is 0.340 e. The molecule has 1 aromatic heterocycles. The Morgan fingerprint density at radius 2 is 1.56 bits per heavy atom. The number of rotatable bonds is 4. The summed E-state index contributed by atoms with van der Waals surface area (Å²) >= 11 is 0. The second-order valence-corrected chi connectivity index (χ2v) is 8.79. The average Bonchev–Trinajstić information content (AvgIpc) is 2.87. The molecule has 178 valence electrons. The van der Waals surface area contributed by atoms with E-state index in [1.165, 1.54) is 6.92 Å². The summed E-state index contributed by atoms with van der Waals surface area (Å²) in [6.45, 7) is 5.10. The zero-order valence-electron chi connectivity index (χ0n) is 19.9. The molecule has 4 aromatic rings. The third kappa shape index (κ3) is 3.94. The molecule has 1 atom stereocenters. The SMILES string of the molecule is Cc1ccc2nc(C)c(C(=O)OC(C)C(=O)Nc3cccc4c3C(=O)c3ccccc3C4=O)cc2c1. The number of aryl methyl sites for hydroxylation is 2. The number of fused-ring (bicyclic) bond motifs is 3. The fourth-order valence-electron chi connectivity index (χ4n) is 4.36. The Balaban J connectivity index is 1.37. The van der Waals surface area contributed by atoms with E-state index in [4.69, 9.17) is 4.74 Å². The lowest BCUT2D eigenvalue weighted by Crippen LogP contribution is -2.31. The standard InChI is InChI=1S/C29H22N2O5/c1-15-11-12-23-18(13-15)14-22(16(2)30-23)29(35)36-17(3)28(34)31-24-10-6-9-21-25(24)27(33)20-8-5-4-7-19(20)26(21)32/h4-14,17H,1-3H3,(H,31,34).